The van der Waals surface area contributed by atoms with Gasteiger partial charge in [0.2, 0.25) is 0 Å². The molecule has 0 fully saturated rings. The summed E-state index contributed by atoms with van der Waals surface area (Å²) in [5.41, 5.74) is 0.896. The summed E-state index contributed by atoms with van der Waals surface area (Å²) in [5.74, 6) is 0. The first-order valence-corrected chi connectivity index (χ1v) is 4.98. The summed E-state index contributed by atoms with van der Waals surface area (Å²) in [6.07, 6.45) is 1.62. The lowest BCUT2D eigenvalue weighted by molar-refractivity contribution is 0.241. The molecular weight excluding hydrogens is 212 g/mol. The SMILES string of the molecule is C=CCNC(=O)NCc1ccccc1Cl. The van der Waals surface area contributed by atoms with E-state index in [1.54, 1.807) is 12.1 Å². The molecule has 0 aliphatic carbocycles. The normalized spacial score (nSPS) is 9.40. The Morgan fingerprint density at radius 3 is 2.80 bits per heavy atom. The van der Waals surface area contributed by atoms with Crippen molar-refractivity contribution in [3.8, 4) is 0 Å². The number of hydrogen-bond acceptors (Lipinski definition) is 1. The van der Waals surface area contributed by atoms with Crippen molar-refractivity contribution in [2.45, 2.75) is 6.54 Å². The van der Waals surface area contributed by atoms with Crippen molar-refractivity contribution in [2.24, 2.45) is 0 Å². The molecule has 2 amide bonds. The highest BCUT2D eigenvalue weighted by molar-refractivity contribution is 6.31. The fourth-order valence-corrected chi connectivity index (χ4v) is 1.25. The number of urea groups is 1. The molecule has 0 unspecified atom stereocenters. The van der Waals surface area contributed by atoms with Crippen LogP contribution in [0.5, 0.6) is 0 Å². The maximum Gasteiger partial charge on any atom is 0.315 e. The first-order chi connectivity index (χ1) is 7.24. The average Bonchev–Trinajstić information content (AvgIpc) is 2.25. The van der Waals surface area contributed by atoms with Crippen molar-refractivity contribution in [1.82, 2.24) is 10.6 Å². The Bertz CT molecular complexity index is 352. The minimum absolute atomic E-state index is 0.227. The van der Waals surface area contributed by atoms with Crippen LogP contribution in [0.15, 0.2) is 36.9 Å². The number of halogens is 1. The van der Waals surface area contributed by atoms with Crippen LogP contribution in [-0.4, -0.2) is 12.6 Å². The third-order valence-corrected chi connectivity index (χ3v) is 2.17. The standard InChI is InChI=1S/C11H13ClN2O/c1-2-7-13-11(15)14-8-9-5-3-4-6-10(9)12/h2-6H,1,7-8H2,(H2,13,14,15). The monoisotopic (exact) mass is 224 g/mol. The van der Waals surface area contributed by atoms with Gasteiger partial charge in [-0.15, -0.1) is 6.58 Å². The Balaban J connectivity index is 2.40. The largest absolute Gasteiger partial charge is 0.335 e. The van der Waals surface area contributed by atoms with Gasteiger partial charge in [-0.1, -0.05) is 35.9 Å². The molecule has 1 rings (SSSR count). The van der Waals surface area contributed by atoms with Gasteiger partial charge in [-0.05, 0) is 11.6 Å². The van der Waals surface area contributed by atoms with Gasteiger partial charge < -0.3 is 10.6 Å². The van der Waals surface area contributed by atoms with E-state index in [0.717, 1.165) is 5.56 Å². The van der Waals surface area contributed by atoms with Crippen LogP contribution in [-0.2, 0) is 6.54 Å². The second-order valence-corrected chi connectivity index (χ2v) is 3.35. The molecule has 0 heterocycles. The van der Waals surface area contributed by atoms with Gasteiger partial charge in [-0.25, -0.2) is 4.79 Å². The molecule has 0 aliphatic heterocycles. The van der Waals surface area contributed by atoms with Crippen LogP contribution < -0.4 is 10.6 Å². The Labute approximate surface area is 94.1 Å². The molecule has 1 aromatic carbocycles. The summed E-state index contributed by atoms with van der Waals surface area (Å²) in [7, 11) is 0. The molecule has 2 N–H and O–H groups in total. The molecule has 3 nitrogen and oxygen atoms in total. The van der Waals surface area contributed by atoms with Crippen LogP contribution in [0.4, 0.5) is 4.79 Å². The van der Waals surface area contributed by atoms with E-state index in [4.69, 9.17) is 11.6 Å². The maximum absolute atomic E-state index is 11.2. The van der Waals surface area contributed by atoms with Crippen molar-refractivity contribution in [2.75, 3.05) is 6.54 Å². The van der Waals surface area contributed by atoms with E-state index in [9.17, 15) is 4.79 Å². The number of hydrogen-bond donors (Lipinski definition) is 2. The minimum Gasteiger partial charge on any atom is -0.335 e. The summed E-state index contributed by atoms with van der Waals surface area (Å²) in [6, 6.07) is 7.17. The van der Waals surface area contributed by atoms with Crippen molar-refractivity contribution < 1.29 is 4.79 Å². The third-order valence-electron chi connectivity index (χ3n) is 1.80. The molecule has 15 heavy (non-hydrogen) atoms. The highest BCUT2D eigenvalue weighted by atomic mass is 35.5. The minimum atomic E-state index is -0.227. The topological polar surface area (TPSA) is 41.1 Å². The highest BCUT2D eigenvalue weighted by Crippen LogP contribution is 2.13. The zero-order chi connectivity index (χ0) is 11.1. The number of amides is 2. The fraction of sp³-hybridized carbons (Fsp3) is 0.182. The van der Waals surface area contributed by atoms with E-state index in [1.807, 2.05) is 18.2 Å². The Morgan fingerprint density at radius 1 is 1.40 bits per heavy atom. The van der Waals surface area contributed by atoms with Crippen molar-refractivity contribution in [1.29, 1.82) is 0 Å². The molecule has 0 saturated heterocycles. The van der Waals surface area contributed by atoms with Gasteiger partial charge in [0, 0.05) is 18.1 Å². The van der Waals surface area contributed by atoms with Gasteiger partial charge in [-0.2, -0.15) is 0 Å². The second kappa shape index (κ2) is 6.09. The maximum atomic E-state index is 11.2. The smallest absolute Gasteiger partial charge is 0.315 e. The fourth-order valence-electron chi connectivity index (χ4n) is 1.04. The Kier molecular flexibility index (Phi) is 4.71. The van der Waals surface area contributed by atoms with Gasteiger partial charge in [0.25, 0.3) is 0 Å². The quantitative estimate of drug-likeness (QED) is 0.758. The van der Waals surface area contributed by atoms with E-state index in [1.165, 1.54) is 0 Å². The summed E-state index contributed by atoms with van der Waals surface area (Å²) in [5, 5.41) is 5.96. The van der Waals surface area contributed by atoms with Crippen LogP contribution in [0.2, 0.25) is 5.02 Å². The molecule has 0 atom stereocenters. The average molecular weight is 225 g/mol. The first kappa shape index (κ1) is 11.6. The molecule has 4 heteroatoms. The lowest BCUT2D eigenvalue weighted by Crippen LogP contribution is -2.35. The van der Waals surface area contributed by atoms with Gasteiger partial charge in [0.15, 0.2) is 0 Å². The number of carbonyl (C=O) groups is 1. The molecule has 0 radical (unpaired) electrons. The molecule has 0 saturated carbocycles. The van der Waals surface area contributed by atoms with Crippen LogP contribution in [0.1, 0.15) is 5.56 Å². The van der Waals surface area contributed by atoms with Gasteiger partial charge in [0.05, 0.1) is 0 Å². The van der Waals surface area contributed by atoms with Crippen molar-refractivity contribution in [3.05, 3.63) is 47.5 Å². The molecule has 0 aromatic heterocycles. The summed E-state index contributed by atoms with van der Waals surface area (Å²) >= 11 is 5.92. The predicted molar refractivity (Wildman–Crippen MR) is 61.9 cm³/mol. The Morgan fingerprint density at radius 2 is 2.13 bits per heavy atom. The third kappa shape index (κ3) is 4.04. The van der Waals surface area contributed by atoms with E-state index >= 15 is 0 Å². The zero-order valence-corrected chi connectivity index (χ0v) is 9.05. The Hall–Kier alpha value is -1.48. The van der Waals surface area contributed by atoms with Crippen molar-refractivity contribution >= 4 is 17.6 Å². The molecule has 0 aliphatic rings. The number of carbonyl (C=O) groups excluding carboxylic acids is 1. The zero-order valence-electron chi connectivity index (χ0n) is 8.29. The summed E-state index contributed by atoms with van der Waals surface area (Å²) in [6.45, 7) is 4.37. The van der Waals surface area contributed by atoms with Gasteiger partial charge >= 0.3 is 6.03 Å². The molecule has 1 aromatic rings. The predicted octanol–water partition coefficient (Wildman–Crippen LogP) is 2.33. The van der Waals surface area contributed by atoms with Gasteiger partial charge in [0.1, 0.15) is 0 Å². The van der Waals surface area contributed by atoms with E-state index in [-0.39, 0.29) is 6.03 Å². The first-order valence-electron chi connectivity index (χ1n) is 4.60. The van der Waals surface area contributed by atoms with E-state index < -0.39 is 0 Å². The molecule has 0 spiro atoms. The summed E-state index contributed by atoms with van der Waals surface area (Å²) in [4.78, 5) is 11.2. The van der Waals surface area contributed by atoms with Crippen LogP contribution >= 0.6 is 11.6 Å². The van der Waals surface area contributed by atoms with Crippen LogP contribution in [0.25, 0.3) is 0 Å². The molecule has 80 valence electrons. The van der Waals surface area contributed by atoms with Gasteiger partial charge in [-0.3, -0.25) is 0 Å². The molecular formula is C11H13ClN2O. The molecule has 0 bridgehead atoms. The van der Waals surface area contributed by atoms with Crippen molar-refractivity contribution in [3.63, 3.8) is 0 Å². The second-order valence-electron chi connectivity index (χ2n) is 2.94. The summed E-state index contributed by atoms with van der Waals surface area (Å²) < 4.78 is 0. The number of nitrogens with one attached hydrogen (secondary N) is 2. The number of rotatable bonds is 4. The van der Waals surface area contributed by atoms with Crippen LogP contribution in [0, 0.1) is 0 Å². The highest BCUT2D eigenvalue weighted by Gasteiger charge is 2.01. The van der Waals surface area contributed by atoms with Crippen LogP contribution in [0.3, 0.4) is 0 Å². The van der Waals surface area contributed by atoms with E-state index in [0.29, 0.717) is 18.1 Å². The lowest BCUT2D eigenvalue weighted by Gasteiger charge is -2.07. The lowest BCUT2D eigenvalue weighted by atomic mass is 10.2. The number of benzene rings is 1. The van der Waals surface area contributed by atoms with E-state index in [2.05, 4.69) is 17.2 Å².